The highest BCUT2D eigenvalue weighted by Gasteiger charge is 2.43. The van der Waals surface area contributed by atoms with Crippen LogP contribution in [0.3, 0.4) is 0 Å². The first-order valence-corrected chi connectivity index (χ1v) is 13.0. The van der Waals surface area contributed by atoms with Crippen molar-refractivity contribution in [3.05, 3.63) is 59.2 Å². The second kappa shape index (κ2) is 12.1. The SMILES string of the molecule is Cc1cccc(C[C@@H](O)/C=C/[C@@H]2[C@H]3CC(CCNCC(=O)N(C(C)C)C(C)C)=C[C@H]3C[C@H]2O)c1. The number of carbonyl (C=O) groups excluding carboxylic acids is 1. The fourth-order valence-electron chi connectivity index (χ4n) is 5.90. The van der Waals surface area contributed by atoms with Gasteiger partial charge < -0.3 is 20.4 Å². The monoisotopic (exact) mass is 468 g/mol. The summed E-state index contributed by atoms with van der Waals surface area (Å²) in [4.78, 5) is 14.4. The van der Waals surface area contributed by atoms with Crippen molar-refractivity contribution < 1.29 is 15.0 Å². The number of nitrogens with zero attached hydrogens (tertiary/aromatic N) is 1. The van der Waals surface area contributed by atoms with Gasteiger partial charge in [0.05, 0.1) is 18.8 Å². The van der Waals surface area contributed by atoms with E-state index in [-0.39, 0.29) is 30.0 Å². The molecule has 1 fully saturated rings. The molecule has 1 amide bonds. The van der Waals surface area contributed by atoms with E-state index in [2.05, 4.69) is 64.2 Å². The standard InChI is InChI=1S/C29H44N2O3/c1-19(2)31(20(3)4)29(34)18-30-12-11-23-14-24-17-28(33)26(27(24)16-23)10-9-25(32)15-22-8-6-7-21(5)13-22/h6-10,13-14,19-20,24-28,30,32-33H,11-12,15-18H2,1-5H3/b10-9+/t24-,25-,26+,27-,28+/m0/s1. The van der Waals surface area contributed by atoms with Crippen LogP contribution >= 0.6 is 0 Å². The molecule has 0 radical (unpaired) electrons. The zero-order valence-electron chi connectivity index (χ0n) is 21.6. The third kappa shape index (κ3) is 7.03. The summed E-state index contributed by atoms with van der Waals surface area (Å²) in [5.41, 5.74) is 3.75. The van der Waals surface area contributed by atoms with E-state index in [0.717, 1.165) is 31.4 Å². The molecule has 3 rings (SSSR count). The minimum Gasteiger partial charge on any atom is -0.392 e. The fourth-order valence-corrected chi connectivity index (χ4v) is 5.90. The molecule has 1 saturated carbocycles. The molecule has 0 spiro atoms. The molecular formula is C29H44N2O3. The van der Waals surface area contributed by atoms with Crippen LogP contribution in [0.1, 0.15) is 58.1 Å². The number of hydrogen-bond donors (Lipinski definition) is 3. The third-order valence-corrected chi connectivity index (χ3v) is 7.33. The van der Waals surface area contributed by atoms with Crippen molar-refractivity contribution in [1.82, 2.24) is 10.2 Å². The first-order valence-electron chi connectivity index (χ1n) is 13.0. The molecule has 0 unspecified atom stereocenters. The van der Waals surface area contributed by atoms with Gasteiger partial charge in [0, 0.05) is 24.4 Å². The van der Waals surface area contributed by atoms with Crippen molar-refractivity contribution in [3.63, 3.8) is 0 Å². The molecule has 2 aliphatic carbocycles. The van der Waals surface area contributed by atoms with Crippen LogP contribution in [0.5, 0.6) is 0 Å². The van der Waals surface area contributed by atoms with Crippen molar-refractivity contribution in [3.8, 4) is 0 Å². The summed E-state index contributed by atoms with van der Waals surface area (Å²) < 4.78 is 0. The van der Waals surface area contributed by atoms with Gasteiger partial charge in [-0.05, 0) is 77.8 Å². The average molecular weight is 469 g/mol. The third-order valence-electron chi connectivity index (χ3n) is 7.33. The van der Waals surface area contributed by atoms with Crippen molar-refractivity contribution in [1.29, 1.82) is 0 Å². The molecule has 0 aromatic heterocycles. The van der Waals surface area contributed by atoms with Crippen LogP contribution in [0.2, 0.25) is 0 Å². The Morgan fingerprint density at radius 3 is 2.65 bits per heavy atom. The van der Waals surface area contributed by atoms with Gasteiger partial charge in [0.25, 0.3) is 0 Å². The lowest BCUT2D eigenvalue weighted by Crippen LogP contribution is -2.46. The molecule has 34 heavy (non-hydrogen) atoms. The molecule has 5 atom stereocenters. The van der Waals surface area contributed by atoms with Gasteiger partial charge in [0.2, 0.25) is 5.91 Å². The first-order chi connectivity index (χ1) is 16.2. The topological polar surface area (TPSA) is 72.8 Å². The van der Waals surface area contributed by atoms with Gasteiger partial charge >= 0.3 is 0 Å². The lowest BCUT2D eigenvalue weighted by Gasteiger charge is -2.31. The van der Waals surface area contributed by atoms with Crippen molar-refractivity contribution >= 4 is 5.91 Å². The number of benzene rings is 1. The Bertz CT molecular complexity index is 868. The molecule has 0 bridgehead atoms. The van der Waals surface area contributed by atoms with E-state index in [9.17, 15) is 15.0 Å². The molecule has 5 nitrogen and oxygen atoms in total. The number of fused-ring (bicyclic) bond motifs is 1. The molecule has 188 valence electrons. The van der Waals surface area contributed by atoms with Crippen LogP contribution < -0.4 is 5.32 Å². The maximum atomic E-state index is 12.5. The number of hydrogen-bond acceptors (Lipinski definition) is 4. The molecule has 2 aliphatic rings. The average Bonchev–Trinajstić information content (AvgIpc) is 3.25. The van der Waals surface area contributed by atoms with E-state index in [0.29, 0.717) is 24.8 Å². The lowest BCUT2D eigenvalue weighted by molar-refractivity contribution is -0.133. The molecule has 5 heteroatoms. The molecule has 3 N–H and O–H groups in total. The smallest absolute Gasteiger partial charge is 0.236 e. The summed E-state index contributed by atoms with van der Waals surface area (Å²) in [6.07, 6.45) is 8.70. The fraction of sp³-hybridized carbons (Fsp3) is 0.621. The molecule has 0 heterocycles. The predicted molar refractivity (Wildman–Crippen MR) is 138 cm³/mol. The van der Waals surface area contributed by atoms with Crippen LogP contribution in [0, 0.1) is 24.7 Å². The highest BCUT2D eigenvalue weighted by molar-refractivity contribution is 5.78. The quantitative estimate of drug-likeness (QED) is 0.339. The van der Waals surface area contributed by atoms with Crippen LogP contribution in [-0.2, 0) is 11.2 Å². The zero-order chi connectivity index (χ0) is 24.8. The Morgan fingerprint density at radius 2 is 1.97 bits per heavy atom. The Hall–Kier alpha value is -1.95. The minimum atomic E-state index is -0.542. The maximum absolute atomic E-state index is 12.5. The van der Waals surface area contributed by atoms with Crippen LogP contribution in [0.4, 0.5) is 0 Å². The zero-order valence-corrected chi connectivity index (χ0v) is 21.6. The van der Waals surface area contributed by atoms with E-state index in [1.165, 1.54) is 11.1 Å². The molecular weight excluding hydrogens is 424 g/mol. The van der Waals surface area contributed by atoms with Crippen molar-refractivity contribution in [2.75, 3.05) is 13.1 Å². The number of rotatable bonds is 11. The highest BCUT2D eigenvalue weighted by Crippen LogP contribution is 2.47. The second-order valence-electron chi connectivity index (χ2n) is 10.8. The van der Waals surface area contributed by atoms with E-state index >= 15 is 0 Å². The number of aryl methyl sites for hydroxylation is 1. The molecule has 0 aliphatic heterocycles. The Kier molecular flexibility index (Phi) is 9.52. The number of aliphatic hydroxyl groups excluding tert-OH is 2. The lowest BCUT2D eigenvalue weighted by atomic mass is 9.88. The van der Waals surface area contributed by atoms with Crippen molar-refractivity contribution in [2.45, 2.75) is 84.6 Å². The van der Waals surface area contributed by atoms with E-state index in [1.807, 2.05) is 23.1 Å². The molecule has 0 saturated heterocycles. The van der Waals surface area contributed by atoms with E-state index in [1.54, 1.807) is 0 Å². The molecule has 1 aromatic rings. The van der Waals surface area contributed by atoms with Crippen LogP contribution in [-0.4, -0.2) is 58.4 Å². The summed E-state index contributed by atoms with van der Waals surface area (Å²) >= 11 is 0. The van der Waals surface area contributed by atoms with Gasteiger partial charge in [-0.3, -0.25) is 4.79 Å². The van der Waals surface area contributed by atoms with E-state index < -0.39 is 6.10 Å². The van der Waals surface area contributed by atoms with Crippen LogP contribution in [0.15, 0.2) is 48.1 Å². The Labute approximate surface area is 205 Å². The summed E-state index contributed by atoms with van der Waals surface area (Å²) in [5, 5.41) is 24.5. The maximum Gasteiger partial charge on any atom is 0.236 e. The van der Waals surface area contributed by atoms with Crippen molar-refractivity contribution in [2.24, 2.45) is 17.8 Å². The summed E-state index contributed by atoms with van der Waals surface area (Å²) in [6, 6.07) is 8.65. The summed E-state index contributed by atoms with van der Waals surface area (Å²) in [6.45, 7) is 11.5. The first kappa shape index (κ1) is 26.7. The van der Waals surface area contributed by atoms with Gasteiger partial charge in [0.1, 0.15) is 0 Å². The number of amides is 1. The van der Waals surface area contributed by atoms with Gasteiger partial charge in [-0.25, -0.2) is 0 Å². The minimum absolute atomic E-state index is 0.0890. The second-order valence-corrected chi connectivity index (χ2v) is 10.8. The highest BCUT2D eigenvalue weighted by atomic mass is 16.3. The van der Waals surface area contributed by atoms with Gasteiger partial charge in [-0.15, -0.1) is 0 Å². The van der Waals surface area contributed by atoms with E-state index in [4.69, 9.17) is 0 Å². The normalized spacial score (nSPS) is 25.3. The summed E-state index contributed by atoms with van der Waals surface area (Å²) in [7, 11) is 0. The van der Waals surface area contributed by atoms with Gasteiger partial charge in [-0.1, -0.05) is 53.6 Å². The molecule has 1 aromatic carbocycles. The predicted octanol–water partition coefficient (Wildman–Crippen LogP) is 4.02. The number of aliphatic hydroxyl groups is 2. The Morgan fingerprint density at radius 1 is 1.24 bits per heavy atom. The Balaban J connectivity index is 1.45. The number of nitrogens with one attached hydrogen (secondary N) is 1. The number of carbonyl (C=O) groups is 1. The van der Waals surface area contributed by atoms with Gasteiger partial charge in [0.15, 0.2) is 0 Å². The van der Waals surface area contributed by atoms with Gasteiger partial charge in [-0.2, -0.15) is 0 Å². The summed E-state index contributed by atoms with van der Waals surface area (Å²) in [5.74, 6) is 1.06. The number of allylic oxidation sites excluding steroid dienone is 1. The van der Waals surface area contributed by atoms with Crippen LogP contribution in [0.25, 0.3) is 0 Å². The largest absolute Gasteiger partial charge is 0.392 e.